The van der Waals surface area contributed by atoms with E-state index in [0.29, 0.717) is 22.1 Å². The molecule has 5 rings (SSSR count). The number of nitrogens with zero attached hydrogens (tertiary/aromatic N) is 4. The highest BCUT2D eigenvalue weighted by Gasteiger charge is 2.42. The molecule has 41 heavy (non-hydrogen) atoms. The number of carboxylic acid groups (broad SMARTS) is 1. The zero-order valence-corrected chi connectivity index (χ0v) is 23.4. The van der Waals surface area contributed by atoms with Gasteiger partial charge in [0.25, 0.3) is 15.9 Å². The van der Waals surface area contributed by atoms with Crippen LogP contribution in [-0.4, -0.2) is 57.8 Å². The van der Waals surface area contributed by atoms with E-state index in [1.165, 1.54) is 54.9 Å². The van der Waals surface area contributed by atoms with E-state index in [0.717, 1.165) is 0 Å². The van der Waals surface area contributed by atoms with Crippen molar-refractivity contribution in [3.05, 3.63) is 76.1 Å². The Kier molecular flexibility index (Phi) is 6.58. The predicted molar refractivity (Wildman–Crippen MR) is 145 cm³/mol. The number of nitrogens with one attached hydrogen (secondary N) is 2. The number of carboxylic acids is 1. The van der Waals surface area contributed by atoms with E-state index >= 15 is 0 Å². The second-order valence-electron chi connectivity index (χ2n) is 10.3. The number of aryl methyl sites for hydroxylation is 2. The number of fused-ring (bicyclic) bond motifs is 1. The lowest BCUT2D eigenvalue weighted by Gasteiger charge is -2.31. The van der Waals surface area contributed by atoms with Crippen LogP contribution in [0.5, 0.6) is 0 Å². The Morgan fingerprint density at radius 2 is 1.90 bits per heavy atom. The van der Waals surface area contributed by atoms with Gasteiger partial charge in [0, 0.05) is 41.6 Å². The fourth-order valence-corrected chi connectivity index (χ4v) is 6.75. The first-order valence-corrected chi connectivity index (χ1v) is 13.9. The van der Waals surface area contributed by atoms with Crippen LogP contribution in [0.1, 0.15) is 67.8 Å². The highest BCUT2D eigenvalue weighted by Crippen LogP contribution is 2.37. The van der Waals surface area contributed by atoms with E-state index < -0.39 is 33.2 Å². The molecule has 0 spiro atoms. The third kappa shape index (κ3) is 4.48. The van der Waals surface area contributed by atoms with Crippen molar-refractivity contribution in [2.75, 3.05) is 10.8 Å². The number of primary amides is 1. The molecular formula is C26H27N7O7S. The predicted octanol–water partition coefficient (Wildman–Crippen LogP) is 2.02. The van der Waals surface area contributed by atoms with Crippen molar-refractivity contribution < 1.29 is 32.4 Å². The lowest BCUT2D eigenvalue weighted by atomic mass is 9.84. The molecule has 0 radical (unpaired) electrons. The summed E-state index contributed by atoms with van der Waals surface area (Å²) in [5.41, 5.74) is 5.64. The van der Waals surface area contributed by atoms with Crippen LogP contribution in [0.25, 0.3) is 5.69 Å². The van der Waals surface area contributed by atoms with Gasteiger partial charge in [-0.15, -0.1) is 0 Å². The summed E-state index contributed by atoms with van der Waals surface area (Å²) in [4.78, 5) is 38.3. The molecule has 1 aliphatic heterocycles. The molecule has 0 saturated carbocycles. The van der Waals surface area contributed by atoms with Gasteiger partial charge in [-0.3, -0.25) is 14.7 Å². The van der Waals surface area contributed by atoms with Gasteiger partial charge in [0.05, 0.1) is 11.1 Å². The third-order valence-electron chi connectivity index (χ3n) is 6.98. The fraction of sp³-hybridized carbons (Fsp3) is 0.269. The number of nitrogens with two attached hydrogens (primary N) is 1. The number of benzene rings is 1. The summed E-state index contributed by atoms with van der Waals surface area (Å²) in [7, 11) is -4.73. The summed E-state index contributed by atoms with van der Waals surface area (Å²) in [5, 5.41) is 23.7. The molecule has 0 bridgehead atoms. The second kappa shape index (κ2) is 9.71. The first kappa shape index (κ1) is 27.8. The molecule has 3 aromatic heterocycles. The molecule has 0 saturated heterocycles. The van der Waals surface area contributed by atoms with E-state index in [1.54, 1.807) is 0 Å². The Hall–Kier alpha value is -4.76. The average molecular weight is 582 g/mol. The van der Waals surface area contributed by atoms with Crippen LogP contribution in [0.4, 0.5) is 5.82 Å². The standard InChI is InChI=1S/C26H27N7O7S/c1-13-20(14(2)40-31-13)41(38,39)33(23-18-11-28-12-26(3,4)21(18)29-30-23)24(35)17-10-15(7-8-16(17)22(27)34)32-9-5-6-19(32)25(36)37/h5-10,28H,11-12H2,1-4H3,(H2,27,34)(H,29,30)(H,36,37). The Labute approximate surface area is 234 Å². The van der Waals surface area contributed by atoms with Crippen LogP contribution in [-0.2, 0) is 22.0 Å². The maximum atomic E-state index is 14.4. The molecule has 2 amide bonds. The number of aromatic nitrogens is 4. The highest BCUT2D eigenvalue weighted by molar-refractivity contribution is 7.93. The summed E-state index contributed by atoms with van der Waals surface area (Å²) in [6.07, 6.45) is 1.45. The first-order valence-electron chi connectivity index (χ1n) is 12.4. The number of H-pyrrole nitrogens is 1. The largest absolute Gasteiger partial charge is 0.477 e. The van der Waals surface area contributed by atoms with Gasteiger partial charge in [-0.1, -0.05) is 19.0 Å². The average Bonchev–Trinajstić information content (AvgIpc) is 3.63. The van der Waals surface area contributed by atoms with E-state index in [-0.39, 0.29) is 51.2 Å². The van der Waals surface area contributed by atoms with Gasteiger partial charge in [0.2, 0.25) is 5.91 Å². The molecule has 5 N–H and O–H groups in total. The van der Waals surface area contributed by atoms with E-state index in [4.69, 9.17) is 10.3 Å². The molecule has 15 heteroatoms. The molecule has 0 aliphatic carbocycles. The van der Waals surface area contributed by atoms with Crippen molar-refractivity contribution in [2.24, 2.45) is 5.73 Å². The van der Waals surface area contributed by atoms with Gasteiger partial charge in [-0.25, -0.2) is 13.2 Å². The maximum Gasteiger partial charge on any atom is 0.352 e. The number of aromatic amines is 1. The number of rotatable bonds is 7. The summed E-state index contributed by atoms with van der Waals surface area (Å²) in [6.45, 7) is 7.46. The Bertz CT molecular complexity index is 1810. The minimum Gasteiger partial charge on any atom is -0.477 e. The first-order chi connectivity index (χ1) is 19.3. The number of hydrogen-bond acceptors (Lipinski definition) is 9. The molecule has 4 aromatic rings. The quantitative estimate of drug-likeness (QED) is 0.250. The van der Waals surface area contributed by atoms with Crippen LogP contribution in [0, 0.1) is 13.8 Å². The summed E-state index contributed by atoms with van der Waals surface area (Å²) >= 11 is 0. The normalized spacial score (nSPS) is 14.4. The van der Waals surface area contributed by atoms with Gasteiger partial charge in [-0.2, -0.15) is 9.40 Å². The fourth-order valence-electron chi connectivity index (χ4n) is 5.06. The molecule has 14 nitrogen and oxygen atoms in total. The topological polar surface area (TPSA) is 207 Å². The molecule has 0 atom stereocenters. The van der Waals surface area contributed by atoms with E-state index in [2.05, 4.69) is 20.7 Å². The van der Waals surface area contributed by atoms with Gasteiger partial charge in [0.15, 0.2) is 16.5 Å². The second-order valence-corrected chi connectivity index (χ2v) is 12.0. The number of amides is 2. The zero-order valence-electron chi connectivity index (χ0n) is 22.5. The smallest absolute Gasteiger partial charge is 0.352 e. The third-order valence-corrected chi connectivity index (χ3v) is 8.90. The van der Waals surface area contributed by atoms with Crippen molar-refractivity contribution in [2.45, 2.75) is 44.6 Å². The van der Waals surface area contributed by atoms with Gasteiger partial charge in [0.1, 0.15) is 11.4 Å². The molecule has 1 aromatic carbocycles. The number of aromatic carboxylic acids is 1. The minimum absolute atomic E-state index is 0.0190. The molecule has 4 heterocycles. The summed E-state index contributed by atoms with van der Waals surface area (Å²) in [6, 6.07) is 6.70. The van der Waals surface area contributed by atoms with Gasteiger partial charge < -0.3 is 25.2 Å². The van der Waals surface area contributed by atoms with Crippen LogP contribution in [0.3, 0.4) is 0 Å². The monoisotopic (exact) mass is 581 g/mol. The Morgan fingerprint density at radius 3 is 2.54 bits per heavy atom. The van der Waals surface area contributed by atoms with Crippen molar-refractivity contribution >= 4 is 33.6 Å². The van der Waals surface area contributed by atoms with Crippen LogP contribution < -0.4 is 15.4 Å². The Morgan fingerprint density at radius 1 is 1.17 bits per heavy atom. The van der Waals surface area contributed by atoms with Gasteiger partial charge in [-0.05, 0) is 44.2 Å². The molecule has 214 valence electrons. The Balaban J connectivity index is 1.77. The summed E-state index contributed by atoms with van der Waals surface area (Å²) < 4.78 is 35.4. The van der Waals surface area contributed by atoms with Crippen LogP contribution in [0.15, 0.2) is 45.9 Å². The minimum atomic E-state index is -4.73. The number of anilines is 1. The van der Waals surface area contributed by atoms with Crippen LogP contribution in [0.2, 0.25) is 0 Å². The summed E-state index contributed by atoms with van der Waals surface area (Å²) in [5.74, 6) is -3.61. The number of carbonyl (C=O) groups is 3. The zero-order chi connectivity index (χ0) is 29.9. The van der Waals surface area contributed by atoms with Crippen molar-refractivity contribution in [1.82, 2.24) is 25.2 Å². The van der Waals surface area contributed by atoms with Gasteiger partial charge >= 0.3 is 5.97 Å². The number of hydrogen-bond donors (Lipinski definition) is 4. The van der Waals surface area contributed by atoms with Crippen molar-refractivity contribution in [1.29, 1.82) is 0 Å². The molecule has 0 fully saturated rings. The highest BCUT2D eigenvalue weighted by atomic mass is 32.2. The SMILES string of the molecule is Cc1noc(C)c1S(=O)(=O)N(C(=O)c1cc(-n2cccc2C(=O)O)ccc1C(N)=O)c1n[nH]c2c1CNCC2(C)C. The van der Waals surface area contributed by atoms with E-state index in [9.17, 15) is 27.9 Å². The molecule has 1 aliphatic rings. The lowest BCUT2D eigenvalue weighted by Crippen LogP contribution is -2.42. The van der Waals surface area contributed by atoms with Crippen molar-refractivity contribution in [3.63, 3.8) is 0 Å². The maximum absolute atomic E-state index is 14.4. The molecule has 0 unspecified atom stereocenters. The number of carbonyl (C=O) groups excluding carboxylic acids is 2. The molecular weight excluding hydrogens is 554 g/mol. The van der Waals surface area contributed by atoms with E-state index in [1.807, 2.05) is 13.8 Å². The van der Waals surface area contributed by atoms with Crippen LogP contribution >= 0.6 is 0 Å². The van der Waals surface area contributed by atoms with Crippen molar-refractivity contribution in [3.8, 4) is 5.69 Å². The lowest BCUT2D eigenvalue weighted by molar-refractivity contribution is 0.0687. The number of sulfonamides is 1.